The van der Waals surface area contributed by atoms with Gasteiger partial charge in [0.15, 0.2) is 0 Å². The van der Waals surface area contributed by atoms with E-state index in [0.717, 1.165) is 18.5 Å². The molecule has 0 spiro atoms. The van der Waals surface area contributed by atoms with Crippen molar-refractivity contribution in [3.63, 3.8) is 0 Å². The standard InChI is InChI=1S/C19H26FN3O2.ClH/c20-19-15-9-10-21-11-14(15)6-7-16(19)23-18(25)12-22-17(24)8-5-13-3-1-2-4-13;/h6-7,13,21H,1-5,8-12H2,(H,22,24)(H,23,25);1H. The third-order valence-corrected chi connectivity index (χ3v) is 5.18. The lowest BCUT2D eigenvalue weighted by Crippen LogP contribution is -2.33. The third kappa shape index (κ3) is 5.42. The van der Waals surface area contributed by atoms with Gasteiger partial charge in [-0.2, -0.15) is 0 Å². The lowest BCUT2D eigenvalue weighted by molar-refractivity contribution is -0.124. The molecule has 1 aromatic carbocycles. The molecule has 2 aliphatic rings. The van der Waals surface area contributed by atoms with Crippen molar-refractivity contribution in [1.29, 1.82) is 0 Å². The van der Waals surface area contributed by atoms with Crippen LogP contribution in [0.15, 0.2) is 12.1 Å². The Hall–Kier alpha value is -1.66. The molecule has 1 aliphatic heterocycles. The Morgan fingerprint density at radius 1 is 1.19 bits per heavy atom. The van der Waals surface area contributed by atoms with Gasteiger partial charge in [0.05, 0.1) is 12.2 Å². The zero-order valence-electron chi connectivity index (χ0n) is 14.9. The minimum absolute atomic E-state index is 0. The van der Waals surface area contributed by atoms with E-state index >= 15 is 0 Å². The first-order valence-corrected chi connectivity index (χ1v) is 9.21. The Kier molecular flexibility index (Phi) is 7.85. The van der Waals surface area contributed by atoms with E-state index < -0.39 is 5.91 Å². The summed E-state index contributed by atoms with van der Waals surface area (Å²) in [5, 5.41) is 8.38. The molecule has 26 heavy (non-hydrogen) atoms. The van der Waals surface area contributed by atoms with Gasteiger partial charge < -0.3 is 16.0 Å². The average Bonchev–Trinajstić information content (AvgIpc) is 3.14. The Bertz CT molecular complexity index is 648. The van der Waals surface area contributed by atoms with Crippen LogP contribution in [0.2, 0.25) is 0 Å². The molecule has 0 atom stereocenters. The molecule has 0 aromatic heterocycles. The number of carbonyl (C=O) groups is 2. The van der Waals surface area contributed by atoms with Crippen LogP contribution in [-0.4, -0.2) is 24.9 Å². The predicted octanol–water partition coefficient (Wildman–Crippen LogP) is 2.92. The van der Waals surface area contributed by atoms with Gasteiger partial charge in [-0.1, -0.05) is 31.7 Å². The van der Waals surface area contributed by atoms with Crippen molar-refractivity contribution >= 4 is 29.9 Å². The first kappa shape index (κ1) is 20.6. The molecule has 0 radical (unpaired) electrons. The molecular weight excluding hydrogens is 357 g/mol. The highest BCUT2D eigenvalue weighted by Gasteiger charge is 2.18. The van der Waals surface area contributed by atoms with Crippen LogP contribution in [0.5, 0.6) is 0 Å². The van der Waals surface area contributed by atoms with Crippen LogP contribution in [0.4, 0.5) is 10.1 Å². The molecule has 1 aromatic rings. The second-order valence-corrected chi connectivity index (χ2v) is 7.01. The number of anilines is 1. The summed E-state index contributed by atoms with van der Waals surface area (Å²) in [6.45, 7) is 1.26. The van der Waals surface area contributed by atoms with Crippen LogP contribution in [0.25, 0.3) is 0 Å². The largest absolute Gasteiger partial charge is 0.347 e. The Labute approximate surface area is 159 Å². The van der Waals surface area contributed by atoms with E-state index in [0.29, 0.717) is 30.9 Å². The summed E-state index contributed by atoms with van der Waals surface area (Å²) >= 11 is 0. The van der Waals surface area contributed by atoms with Gasteiger partial charge in [-0.25, -0.2) is 4.39 Å². The highest BCUT2D eigenvalue weighted by Crippen LogP contribution is 2.28. The van der Waals surface area contributed by atoms with Gasteiger partial charge in [-0.15, -0.1) is 12.4 Å². The van der Waals surface area contributed by atoms with Crippen molar-refractivity contribution < 1.29 is 14.0 Å². The minimum Gasteiger partial charge on any atom is -0.347 e. The second-order valence-electron chi connectivity index (χ2n) is 7.01. The Balaban J connectivity index is 0.00000243. The SMILES string of the molecule is Cl.O=C(CCC1CCCC1)NCC(=O)Nc1ccc2c(c1F)CCNC2. The quantitative estimate of drug-likeness (QED) is 0.707. The fraction of sp³-hybridized carbons (Fsp3) is 0.579. The maximum absolute atomic E-state index is 14.5. The fourth-order valence-corrected chi connectivity index (χ4v) is 3.73. The molecule has 2 amide bonds. The third-order valence-electron chi connectivity index (χ3n) is 5.18. The summed E-state index contributed by atoms with van der Waals surface area (Å²) in [5.74, 6) is -0.223. The summed E-state index contributed by atoms with van der Waals surface area (Å²) in [4.78, 5) is 23.8. The monoisotopic (exact) mass is 383 g/mol. The molecule has 1 saturated carbocycles. The molecule has 3 rings (SSSR count). The maximum atomic E-state index is 14.5. The minimum atomic E-state index is -0.401. The van der Waals surface area contributed by atoms with Gasteiger partial charge in [-0.3, -0.25) is 9.59 Å². The number of amides is 2. The molecule has 1 fully saturated rings. The van der Waals surface area contributed by atoms with Crippen LogP contribution in [0, 0.1) is 11.7 Å². The van der Waals surface area contributed by atoms with E-state index in [9.17, 15) is 14.0 Å². The normalized spacial score (nSPS) is 16.5. The highest BCUT2D eigenvalue weighted by atomic mass is 35.5. The van der Waals surface area contributed by atoms with Crippen molar-refractivity contribution in [3.8, 4) is 0 Å². The smallest absolute Gasteiger partial charge is 0.243 e. The van der Waals surface area contributed by atoms with Crippen LogP contribution in [0.1, 0.15) is 49.7 Å². The molecule has 3 N–H and O–H groups in total. The van der Waals surface area contributed by atoms with Gasteiger partial charge >= 0.3 is 0 Å². The summed E-state index contributed by atoms with van der Waals surface area (Å²) in [6.07, 6.45) is 6.90. The second kappa shape index (κ2) is 9.88. The summed E-state index contributed by atoms with van der Waals surface area (Å²) in [5.41, 5.74) is 1.78. The Morgan fingerprint density at radius 2 is 1.96 bits per heavy atom. The van der Waals surface area contributed by atoms with Gasteiger partial charge in [0.25, 0.3) is 0 Å². The number of halogens is 2. The maximum Gasteiger partial charge on any atom is 0.243 e. The van der Waals surface area contributed by atoms with E-state index in [-0.39, 0.29) is 36.4 Å². The van der Waals surface area contributed by atoms with Crippen LogP contribution in [-0.2, 0) is 22.6 Å². The summed E-state index contributed by atoms with van der Waals surface area (Å²) in [7, 11) is 0. The summed E-state index contributed by atoms with van der Waals surface area (Å²) in [6, 6.07) is 3.42. The topological polar surface area (TPSA) is 70.2 Å². The van der Waals surface area contributed by atoms with Crippen molar-refractivity contribution in [3.05, 3.63) is 29.1 Å². The number of nitrogens with one attached hydrogen (secondary N) is 3. The molecule has 7 heteroatoms. The Morgan fingerprint density at radius 3 is 2.73 bits per heavy atom. The molecule has 1 aliphatic carbocycles. The summed E-state index contributed by atoms with van der Waals surface area (Å²) < 4.78 is 14.5. The number of hydrogen-bond acceptors (Lipinski definition) is 3. The van der Waals surface area contributed by atoms with Crippen LogP contribution < -0.4 is 16.0 Å². The van der Waals surface area contributed by atoms with Crippen molar-refractivity contribution in [1.82, 2.24) is 10.6 Å². The molecular formula is C19H27ClFN3O2. The zero-order valence-corrected chi connectivity index (χ0v) is 15.7. The molecule has 1 heterocycles. The molecule has 144 valence electrons. The van der Waals surface area contributed by atoms with Crippen molar-refractivity contribution in [2.45, 2.75) is 51.5 Å². The lowest BCUT2D eigenvalue weighted by Gasteiger charge is -2.19. The number of carbonyl (C=O) groups excluding carboxylic acids is 2. The number of rotatable bonds is 6. The van der Waals surface area contributed by atoms with Crippen LogP contribution in [0.3, 0.4) is 0 Å². The molecule has 0 unspecified atom stereocenters. The van der Waals surface area contributed by atoms with E-state index in [1.54, 1.807) is 6.07 Å². The van der Waals surface area contributed by atoms with E-state index in [2.05, 4.69) is 16.0 Å². The molecule has 5 nitrogen and oxygen atoms in total. The van der Waals surface area contributed by atoms with Gasteiger partial charge in [0.2, 0.25) is 11.8 Å². The van der Waals surface area contributed by atoms with Gasteiger partial charge in [-0.05, 0) is 42.5 Å². The van der Waals surface area contributed by atoms with E-state index in [1.165, 1.54) is 25.7 Å². The van der Waals surface area contributed by atoms with Crippen LogP contribution >= 0.6 is 12.4 Å². The number of fused-ring (bicyclic) bond motifs is 1. The molecule has 0 bridgehead atoms. The average molecular weight is 384 g/mol. The number of benzene rings is 1. The molecule has 0 saturated heterocycles. The van der Waals surface area contributed by atoms with Gasteiger partial charge in [0, 0.05) is 13.0 Å². The lowest BCUT2D eigenvalue weighted by atomic mass is 9.99. The number of hydrogen-bond donors (Lipinski definition) is 3. The van der Waals surface area contributed by atoms with Crippen molar-refractivity contribution in [2.24, 2.45) is 5.92 Å². The first-order chi connectivity index (χ1) is 12.1. The predicted molar refractivity (Wildman–Crippen MR) is 102 cm³/mol. The van der Waals surface area contributed by atoms with E-state index in [1.807, 2.05) is 6.07 Å². The zero-order chi connectivity index (χ0) is 17.6. The first-order valence-electron chi connectivity index (χ1n) is 9.21. The van der Waals surface area contributed by atoms with Crippen molar-refractivity contribution in [2.75, 3.05) is 18.4 Å². The fourth-order valence-electron chi connectivity index (χ4n) is 3.73. The van der Waals surface area contributed by atoms with Gasteiger partial charge in [0.1, 0.15) is 5.82 Å². The highest BCUT2D eigenvalue weighted by molar-refractivity contribution is 5.94. The van der Waals surface area contributed by atoms with E-state index in [4.69, 9.17) is 0 Å².